The Balaban J connectivity index is 2.10. The van der Waals surface area contributed by atoms with Crippen LogP contribution in [0.2, 0.25) is 0 Å². The molecule has 0 aromatic rings. The van der Waals surface area contributed by atoms with Gasteiger partial charge in [-0.3, -0.25) is 4.79 Å². The molecule has 1 saturated heterocycles. The molecule has 0 bridgehead atoms. The monoisotopic (exact) mass is 470 g/mol. The molecule has 1 atom stereocenters. The molecule has 0 spiro atoms. The van der Waals surface area contributed by atoms with Crippen LogP contribution in [0, 0.1) is 0 Å². The van der Waals surface area contributed by atoms with Gasteiger partial charge in [-0.05, 0) is 56.5 Å². The molecule has 0 aromatic heterocycles. The van der Waals surface area contributed by atoms with Gasteiger partial charge in [0.1, 0.15) is 6.61 Å². The summed E-state index contributed by atoms with van der Waals surface area (Å²) in [5, 5.41) is 10.3. The first-order valence-corrected chi connectivity index (χ1v) is 14.4. The molecule has 180 valence electrons. The lowest BCUT2D eigenvalue weighted by Gasteiger charge is -2.37. The number of esters is 1. The van der Waals surface area contributed by atoms with E-state index in [4.69, 9.17) is 4.74 Å². The van der Waals surface area contributed by atoms with Gasteiger partial charge in [-0.25, -0.2) is 0 Å². The molecule has 1 aliphatic rings. The van der Waals surface area contributed by atoms with Gasteiger partial charge in [-0.2, -0.15) is 0 Å². The van der Waals surface area contributed by atoms with Gasteiger partial charge in [-0.15, -0.1) is 23.5 Å². The number of hydrogen-bond donors (Lipinski definition) is 1. The van der Waals surface area contributed by atoms with Crippen molar-refractivity contribution in [3.8, 4) is 0 Å². The normalized spacial score (nSPS) is 17.4. The van der Waals surface area contributed by atoms with Crippen molar-refractivity contribution in [2.24, 2.45) is 0 Å². The fourth-order valence-corrected chi connectivity index (χ4v) is 7.35. The third kappa shape index (κ3) is 16.0. The van der Waals surface area contributed by atoms with Gasteiger partial charge in [0.15, 0.2) is 0 Å². The fourth-order valence-electron chi connectivity index (χ4n) is 3.82. The first-order valence-electron chi connectivity index (χ1n) is 12.5. The van der Waals surface area contributed by atoms with Crippen molar-refractivity contribution < 1.29 is 14.6 Å². The molecule has 0 radical (unpaired) electrons. The molecule has 0 aliphatic carbocycles. The van der Waals surface area contributed by atoms with Gasteiger partial charge in [-0.1, -0.05) is 69.8 Å². The van der Waals surface area contributed by atoms with E-state index in [0.717, 1.165) is 12.8 Å². The molecule has 1 N–H and O–H groups in total. The van der Waals surface area contributed by atoms with Gasteiger partial charge in [0, 0.05) is 13.3 Å². The Kier molecular flexibility index (Phi) is 17.7. The Hall–Kier alpha value is -0.390. The third-order valence-corrected chi connectivity index (χ3v) is 9.04. The predicted molar refractivity (Wildman–Crippen MR) is 139 cm³/mol. The van der Waals surface area contributed by atoms with Crippen molar-refractivity contribution in [2.75, 3.05) is 18.1 Å². The van der Waals surface area contributed by atoms with E-state index in [1.165, 1.54) is 89.1 Å². The number of carbonyl (C=O) groups excluding carboxylic acids is 1. The quantitative estimate of drug-likeness (QED) is 0.126. The van der Waals surface area contributed by atoms with Crippen molar-refractivity contribution in [1.29, 1.82) is 0 Å². The van der Waals surface area contributed by atoms with Crippen molar-refractivity contribution >= 4 is 29.5 Å². The molecule has 31 heavy (non-hydrogen) atoms. The summed E-state index contributed by atoms with van der Waals surface area (Å²) in [6, 6.07) is 0. The smallest absolute Gasteiger partial charge is 0.302 e. The lowest BCUT2D eigenvalue weighted by Crippen LogP contribution is -2.32. The fraction of sp³-hybridized carbons (Fsp3) is 0.808. The van der Waals surface area contributed by atoms with Crippen molar-refractivity contribution in [1.82, 2.24) is 0 Å². The summed E-state index contributed by atoms with van der Waals surface area (Å²) in [5.41, 5.74) is 0. The third-order valence-electron chi connectivity index (χ3n) is 5.55. The summed E-state index contributed by atoms with van der Waals surface area (Å²) in [6.07, 6.45) is 25.7. The first kappa shape index (κ1) is 28.6. The van der Waals surface area contributed by atoms with Crippen molar-refractivity contribution in [3.05, 3.63) is 24.3 Å². The minimum atomic E-state index is -0.556. The van der Waals surface area contributed by atoms with Crippen molar-refractivity contribution in [3.63, 3.8) is 0 Å². The molecular formula is C26H46O3S2. The minimum Gasteiger partial charge on any atom is -0.463 e. The molecule has 1 heterocycles. The summed E-state index contributed by atoms with van der Waals surface area (Å²) >= 11 is 4.02. The van der Waals surface area contributed by atoms with Crippen LogP contribution in [0.1, 0.15) is 104 Å². The van der Waals surface area contributed by atoms with Crippen molar-refractivity contribution in [2.45, 2.75) is 114 Å². The summed E-state index contributed by atoms with van der Waals surface area (Å²) < 4.78 is 5.11. The molecule has 5 heteroatoms. The van der Waals surface area contributed by atoms with E-state index < -0.39 is 6.10 Å². The van der Waals surface area contributed by atoms with Crippen LogP contribution in [-0.2, 0) is 9.53 Å². The Bertz CT molecular complexity index is 499. The summed E-state index contributed by atoms with van der Waals surface area (Å²) in [6.45, 7) is 3.77. The number of aliphatic hydroxyl groups excluding tert-OH is 1. The second kappa shape index (κ2) is 19.1. The zero-order chi connectivity index (χ0) is 22.6. The number of hydrogen-bond acceptors (Lipinski definition) is 5. The zero-order valence-electron chi connectivity index (χ0n) is 20.0. The van der Waals surface area contributed by atoms with Gasteiger partial charge in [0.2, 0.25) is 0 Å². The minimum absolute atomic E-state index is 0.102. The maximum Gasteiger partial charge on any atom is 0.302 e. The van der Waals surface area contributed by atoms with E-state index in [1.807, 2.05) is 23.5 Å². The largest absolute Gasteiger partial charge is 0.463 e. The SMILES string of the molecule is CCCCC/C=C\C/C=C\CCCCCCCC1(CC(O)COC(C)=O)SCCCS1. The summed E-state index contributed by atoms with van der Waals surface area (Å²) in [4.78, 5) is 11.0. The maximum atomic E-state index is 11.0. The van der Waals surface area contributed by atoms with Gasteiger partial charge >= 0.3 is 5.97 Å². The van der Waals surface area contributed by atoms with Crippen LogP contribution in [-0.4, -0.2) is 39.4 Å². The van der Waals surface area contributed by atoms with Crippen LogP contribution >= 0.6 is 23.5 Å². The van der Waals surface area contributed by atoms with Crippen LogP contribution in [0.4, 0.5) is 0 Å². The second-order valence-corrected chi connectivity index (χ2v) is 11.8. The number of unbranched alkanes of at least 4 members (excludes halogenated alkanes) is 8. The zero-order valence-corrected chi connectivity index (χ0v) is 21.6. The van der Waals surface area contributed by atoms with E-state index in [9.17, 15) is 9.90 Å². The van der Waals surface area contributed by atoms with E-state index >= 15 is 0 Å². The molecule has 0 aromatic carbocycles. The number of allylic oxidation sites excluding steroid dienone is 4. The molecule has 1 unspecified atom stereocenters. The van der Waals surface area contributed by atoms with Crippen LogP contribution in [0.5, 0.6) is 0 Å². The van der Waals surface area contributed by atoms with E-state index in [0.29, 0.717) is 6.42 Å². The number of carbonyl (C=O) groups is 1. The van der Waals surface area contributed by atoms with E-state index in [-0.39, 0.29) is 16.7 Å². The average molecular weight is 471 g/mol. The Morgan fingerprint density at radius 3 is 2.23 bits per heavy atom. The lowest BCUT2D eigenvalue weighted by atomic mass is 10.0. The van der Waals surface area contributed by atoms with Gasteiger partial charge in [0.25, 0.3) is 0 Å². The highest BCUT2D eigenvalue weighted by atomic mass is 32.2. The second-order valence-electron chi connectivity index (χ2n) is 8.60. The van der Waals surface area contributed by atoms with Crippen LogP contribution in [0.25, 0.3) is 0 Å². The standard InChI is InChI=1S/C26H46O3S2/c1-3-4-5-6-7-8-9-10-11-12-13-14-15-16-17-19-26(30-20-18-21-31-26)22-25(28)23-29-24(2)27/h7-8,10-11,25,28H,3-6,9,12-23H2,1-2H3/b8-7-,11-10-. The van der Waals surface area contributed by atoms with Crippen LogP contribution in [0.3, 0.4) is 0 Å². The predicted octanol–water partition coefficient (Wildman–Crippen LogP) is 7.68. The number of rotatable bonds is 18. The highest BCUT2D eigenvalue weighted by Crippen LogP contribution is 2.49. The molecule has 1 rings (SSSR count). The molecular weight excluding hydrogens is 424 g/mol. The highest BCUT2D eigenvalue weighted by Gasteiger charge is 2.35. The van der Waals surface area contributed by atoms with E-state index in [1.54, 1.807) is 0 Å². The maximum absolute atomic E-state index is 11.0. The lowest BCUT2D eigenvalue weighted by molar-refractivity contribution is -0.144. The molecule has 0 amide bonds. The summed E-state index contributed by atoms with van der Waals surface area (Å²) in [7, 11) is 0. The Morgan fingerprint density at radius 1 is 0.968 bits per heavy atom. The number of ether oxygens (including phenoxy) is 1. The van der Waals surface area contributed by atoms with Crippen LogP contribution in [0.15, 0.2) is 24.3 Å². The van der Waals surface area contributed by atoms with Crippen LogP contribution < -0.4 is 0 Å². The summed E-state index contributed by atoms with van der Waals surface area (Å²) in [5.74, 6) is 2.03. The topological polar surface area (TPSA) is 46.5 Å². The average Bonchev–Trinajstić information content (AvgIpc) is 2.75. The first-order chi connectivity index (χ1) is 15.1. The number of aliphatic hydroxyl groups is 1. The number of thioether (sulfide) groups is 2. The molecule has 0 saturated carbocycles. The van der Waals surface area contributed by atoms with Gasteiger partial charge in [0.05, 0.1) is 10.2 Å². The van der Waals surface area contributed by atoms with E-state index in [2.05, 4.69) is 31.2 Å². The Labute approximate surface area is 200 Å². The molecule has 1 aliphatic heterocycles. The Morgan fingerprint density at radius 2 is 1.58 bits per heavy atom. The van der Waals surface area contributed by atoms with Gasteiger partial charge < -0.3 is 9.84 Å². The molecule has 3 nitrogen and oxygen atoms in total. The molecule has 1 fully saturated rings. The highest BCUT2D eigenvalue weighted by molar-refractivity contribution is 8.18.